The van der Waals surface area contributed by atoms with Crippen molar-refractivity contribution in [2.45, 2.75) is 27.2 Å². The predicted molar refractivity (Wildman–Crippen MR) is 77.9 cm³/mol. The van der Waals surface area contributed by atoms with Crippen LogP contribution in [0.4, 0.5) is 0 Å². The highest BCUT2D eigenvalue weighted by Gasteiger charge is 2.08. The summed E-state index contributed by atoms with van der Waals surface area (Å²) in [5, 5.41) is 0. The van der Waals surface area contributed by atoms with Gasteiger partial charge in [0.15, 0.2) is 0 Å². The number of carbonyl (C=O) groups excluding carboxylic acids is 1. The Morgan fingerprint density at radius 2 is 2.12 bits per heavy atom. The van der Waals surface area contributed by atoms with Crippen LogP contribution in [0.3, 0.4) is 0 Å². The van der Waals surface area contributed by atoms with Gasteiger partial charge < -0.3 is 9.64 Å². The summed E-state index contributed by atoms with van der Waals surface area (Å²) in [4.78, 5) is 13.6. The number of methoxy groups -OCH3 is 1. The molecule has 0 aliphatic carbocycles. The van der Waals surface area contributed by atoms with Crippen LogP contribution in [0, 0.1) is 5.92 Å². The molecule has 0 spiro atoms. The van der Waals surface area contributed by atoms with Gasteiger partial charge in [-0.1, -0.05) is 35.4 Å². The van der Waals surface area contributed by atoms with E-state index in [1.807, 2.05) is 17.7 Å². The van der Waals surface area contributed by atoms with Crippen molar-refractivity contribution in [1.29, 1.82) is 0 Å². The number of hydrogen-bond donors (Lipinski definition) is 0. The Balaban J connectivity index is 4.45. The number of nitrogens with zero attached hydrogens (tertiary/aromatic N) is 1. The Labute approximate surface area is 113 Å². The second-order valence-electron chi connectivity index (χ2n) is 4.23. The first-order valence-electron chi connectivity index (χ1n) is 5.69. The molecule has 0 unspecified atom stereocenters. The number of allylic oxidation sites excluding steroid dienone is 1. The van der Waals surface area contributed by atoms with Gasteiger partial charge in [0.1, 0.15) is 0 Å². The fourth-order valence-corrected chi connectivity index (χ4v) is 3.97. The van der Waals surface area contributed by atoms with Gasteiger partial charge in [-0.3, -0.25) is 4.79 Å². The van der Waals surface area contributed by atoms with Crippen molar-refractivity contribution in [2.24, 2.45) is 5.92 Å². The van der Waals surface area contributed by atoms with E-state index in [2.05, 4.69) is 13.8 Å². The minimum Gasteiger partial charge on any atom is -0.384 e. The summed E-state index contributed by atoms with van der Waals surface area (Å²) in [7, 11) is 7.07. The highest BCUT2D eigenvalue weighted by Crippen LogP contribution is 2.35. The van der Waals surface area contributed by atoms with Gasteiger partial charge in [-0.15, -0.1) is 0 Å². The molecule has 0 N–H and O–H groups in total. The van der Waals surface area contributed by atoms with E-state index in [4.69, 9.17) is 4.74 Å². The molecule has 0 aliphatic rings. The zero-order chi connectivity index (χ0) is 13.3. The summed E-state index contributed by atoms with van der Waals surface area (Å²) >= 11 is 0. The van der Waals surface area contributed by atoms with Crippen molar-refractivity contribution >= 4 is 28.0 Å². The molecule has 0 aromatic rings. The third-order valence-corrected chi connectivity index (χ3v) is 5.17. The van der Waals surface area contributed by atoms with E-state index >= 15 is 0 Å². The molecule has 5 heteroatoms. The Hall–Kier alpha value is -0.130. The van der Waals surface area contributed by atoms with Gasteiger partial charge in [0, 0.05) is 36.9 Å². The lowest BCUT2D eigenvalue weighted by Crippen LogP contribution is -2.14. The van der Waals surface area contributed by atoms with Crippen molar-refractivity contribution < 1.29 is 9.53 Å². The average Bonchev–Trinajstić information content (AvgIpc) is 2.31. The van der Waals surface area contributed by atoms with Crippen molar-refractivity contribution in [2.75, 3.05) is 26.5 Å². The summed E-state index contributed by atoms with van der Waals surface area (Å²) in [6.45, 7) is 7.07. The van der Waals surface area contributed by atoms with Gasteiger partial charge in [0.2, 0.25) is 6.41 Å². The molecule has 3 nitrogen and oxygen atoms in total. The molecule has 0 rings (SSSR count). The summed E-state index contributed by atoms with van der Waals surface area (Å²) in [5.74, 6) is 1.79. The zero-order valence-electron chi connectivity index (χ0n) is 11.4. The van der Waals surface area contributed by atoms with E-state index in [0.717, 1.165) is 24.3 Å². The van der Waals surface area contributed by atoms with Crippen LogP contribution in [-0.4, -0.2) is 37.8 Å². The standard InChI is InChI=1S/C12H23NO2S2/c1-10(2)8-16-17-12(6-7-15-5)11(3)13(4)9-14/h9-10H,6-8H2,1-5H3/b12-11-. The molecule has 0 heterocycles. The van der Waals surface area contributed by atoms with E-state index in [-0.39, 0.29) is 0 Å². The Bertz CT molecular complexity index is 255. The maximum Gasteiger partial charge on any atom is 0.213 e. The number of hydrogen-bond acceptors (Lipinski definition) is 4. The molecule has 100 valence electrons. The normalized spacial score (nSPS) is 12.6. The molecule has 0 aromatic carbocycles. The van der Waals surface area contributed by atoms with Gasteiger partial charge in [-0.2, -0.15) is 0 Å². The molecule has 1 amide bonds. The van der Waals surface area contributed by atoms with Gasteiger partial charge in [0.25, 0.3) is 0 Å². The number of carbonyl (C=O) groups is 1. The fraction of sp³-hybridized carbons (Fsp3) is 0.750. The predicted octanol–water partition coefficient (Wildman–Crippen LogP) is 3.38. The summed E-state index contributed by atoms with van der Waals surface area (Å²) < 4.78 is 5.10. The minimum atomic E-state index is 0.681. The maximum absolute atomic E-state index is 10.8. The molecule has 0 radical (unpaired) electrons. The number of ether oxygens (including phenoxy) is 1. The monoisotopic (exact) mass is 277 g/mol. The summed E-state index contributed by atoms with van der Waals surface area (Å²) in [6.07, 6.45) is 1.70. The topological polar surface area (TPSA) is 29.5 Å². The second-order valence-corrected chi connectivity index (χ2v) is 6.67. The fourth-order valence-electron chi connectivity index (χ4n) is 0.995. The molecular formula is C12H23NO2S2. The first-order valence-corrected chi connectivity index (χ1v) is 8.01. The van der Waals surface area contributed by atoms with Gasteiger partial charge >= 0.3 is 0 Å². The largest absolute Gasteiger partial charge is 0.384 e. The Kier molecular flexibility index (Phi) is 9.78. The maximum atomic E-state index is 10.8. The van der Waals surface area contributed by atoms with E-state index < -0.39 is 0 Å². The molecule has 0 saturated carbocycles. The van der Waals surface area contributed by atoms with Gasteiger partial charge in [0.05, 0.1) is 6.61 Å². The van der Waals surface area contributed by atoms with E-state index in [1.54, 1.807) is 29.9 Å². The minimum absolute atomic E-state index is 0.681. The van der Waals surface area contributed by atoms with Crippen LogP contribution in [0.5, 0.6) is 0 Å². The smallest absolute Gasteiger partial charge is 0.213 e. The molecule has 0 aromatic heterocycles. The van der Waals surface area contributed by atoms with Crippen molar-refractivity contribution in [3.05, 3.63) is 10.6 Å². The number of amides is 1. The Morgan fingerprint density at radius 1 is 1.47 bits per heavy atom. The lowest BCUT2D eigenvalue weighted by molar-refractivity contribution is -0.115. The zero-order valence-corrected chi connectivity index (χ0v) is 13.0. The highest BCUT2D eigenvalue weighted by molar-refractivity contribution is 8.78. The van der Waals surface area contributed by atoms with Crippen LogP contribution in [0.1, 0.15) is 27.2 Å². The molecular weight excluding hydrogens is 254 g/mol. The van der Waals surface area contributed by atoms with Gasteiger partial charge in [-0.25, -0.2) is 0 Å². The van der Waals surface area contributed by atoms with E-state index in [1.165, 1.54) is 4.91 Å². The molecule has 17 heavy (non-hydrogen) atoms. The van der Waals surface area contributed by atoms with Crippen molar-refractivity contribution in [1.82, 2.24) is 4.90 Å². The third-order valence-electron chi connectivity index (χ3n) is 2.18. The Morgan fingerprint density at radius 3 is 2.59 bits per heavy atom. The van der Waals surface area contributed by atoms with Crippen molar-refractivity contribution in [3.8, 4) is 0 Å². The van der Waals surface area contributed by atoms with Gasteiger partial charge in [-0.05, 0) is 12.8 Å². The lowest BCUT2D eigenvalue weighted by atomic mass is 10.3. The molecule has 0 bridgehead atoms. The quantitative estimate of drug-likeness (QED) is 0.477. The molecule has 0 aliphatic heterocycles. The highest BCUT2D eigenvalue weighted by atomic mass is 33.1. The third kappa shape index (κ3) is 7.73. The van der Waals surface area contributed by atoms with Crippen LogP contribution in [0.15, 0.2) is 10.6 Å². The van der Waals surface area contributed by atoms with E-state index in [0.29, 0.717) is 12.5 Å². The van der Waals surface area contributed by atoms with Crippen LogP contribution >= 0.6 is 21.6 Å². The van der Waals surface area contributed by atoms with Crippen molar-refractivity contribution in [3.63, 3.8) is 0 Å². The summed E-state index contributed by atoms with van der Waals surface area (Å²) in [5.41, 5.74) is 1.01. The van der Waals surface area contributed by atoms with Crippen LogP contribution in [-0.2, 0) is 9.53 Å². The van der Waals surface area contributed by atoms with Crippen LogP contribution < -0.4 is 0 Å². The van der Waals surface area contributed by atoms with Crippen LogP contribution in [0.2, 0.25) is 0 Å². The molecule has 0 fully saturated rings. The molecule has 0 atom stereocenters. The number of rotatable bonds is 9. The average molecular weight is 277 g/mol. The second kappa shape index (κ2) is 9.85. The lowest BCUT2D eigenvalue weighted by Gasteiger charge is -2.17. The molecule has 0 saturated heterocycles. The summed E-state index contributed by atoms with van der Waals surface area (Å²) in [6, 6.07) is 0. The van der Waals surface area contributed by atoms with Crippen LogP contribution in [0.25, 0.3) is 0 Å². The first kappa shape index (κ1) is 16.9. The SMILES string of the molecule is COCC/C(SSCC(C)C)=C(\C)N(C)C=O. The first-order chi connectivity index (χ1) is 8.02. The van der Waals surface area contributed by atoms with E-state index in [9.17, 15) is 4.79 Å².